The lowest BCUT2D eigenvalue weighted by Gasteiger charge is -2.20. The fourth-order valence-corrected chi connectivity index (χ4v) is 2.23. The molecule has 0 aliphatic rings. The molecule has 2 N–H and O–H groups in total. The molecule has 3 nitrogen and oxygen atoms in total. The fourth-order valence-electron chi connectivity index (χ4n) is 1.94. The number of aliphatic hydroxyl groups is 1. The standard InChI is InChI=1S/C14H19Cl2NO2/c1-3-9(4-2)13(18)8-17-14(19)10-5-6-11(15)12(16)7-10/h5-7,9,13,18H,3-4,8H2,1-2H3,(H,17,19). The van der Waals surface area contributed by atoms with E-state index >= 15 is 0 Å². The van der Waals surface area contributed by atoms with E-state index < -0.39 is 6.10 Å². The maximum absolute atomic E-state index is 11.9. The van der Waals surface area contributed by atoms with E-state index in [0.29, 0.717) is 15.6 Å². The number of carbonyl (C=O) groups excluding carboxylic acids is 1. The van der Waals surface area contributed by atoms with Gasteiger partial charge >= 0.3 is 0 Å². The molecule has 0 heterocycles. The van der Waals surface area contributed by atoms with Crippen molar-refractivity contribution in [1.82, 2.24) is 5.32 Å². The number of amides is 1. The van der Waals surface area contributed by atoms with Crippen LogP contribution in [-0.4, -0.2) is 23.7 Å². The Morgan fingerprint density at radius 2 is 1.89 bits per heavy atom. The molecule has 106 valence electrons. The minimum absolute atomic E-state index is 0.203. The van der Waals surface area contributed by atoms with E-state index in [9.17, 15) is 9.90 Å². The van der Waals surface area contributed by atoms with Crippen molar-refractivity contribution in [3.05, 3.63) is 33.8 Å². The summed E-state index contributed by atoms with van der Waals surface area (Å²) in [6.07, 6.45) is 1.25. The Morgan fingerprint density at radius 1 is 1.26 bits per heavy atom. The van der Waals surface area contributed by atoms with E-state index in [-0.39, 0.29) is 18.4 Å². The van der Waals surface area contributed by atoms with Crippen molar-refractivity contribution in [2.45, 2.75) is 32.8 Å². The minimum atomic E-state index is -0.526. The predicted octanol–water partition coefficient (Wildman–Crippen LogP) is 3.52. The zero-order valence-corrected chi connectivity index (χ0v) is 12.6. The number of benzene rings is 1. The van der Waals surface area contributed by atoms with Crippen molar-refractivity contribution in [3.8, 4) is 0 Å². The molecule has 0 saturated carbocycles. The lowest BCUT2D eigenvalue weighted by atomic mass is 9.96. The van der Waals surface area contributed by atoms with E-state index in [2.05, 4.69) is 5.32 Å². The van der Waals surface area contributed by atoms with Crippen LogP contribution in [0.5, 0.6) is 0 Å². The quantitative estimate of drug-likeness (QED) is 0.845. The highest BCUT2D eigenvalue weighted by molar-refractivity contribution is 6.42. The molecular weight excluding hydrogens is 285 g/mol. The van der Waals surface area contributed by atoms with Crippen LogP contribution in [0.4, 0.5) is 0 Å². The Bertz CT molecular complexity index is 433. The van der Waals surface area contributed by atoms with Gasteiger partial charge in [-0.1, -0.05) is 49.9 Å². The molecule has 1 amide bonds. The minimum Gasteiger partial charge on any atom is -0.391 e. The van der Waals surface area contributed by atoms with Crippen LogP contribution >= 0.6 is 23.2 Å². The molecule has 1 unspecified atom stereocenters. The number of rotatable bonds is 6. The van der Waals surface area contributed by atoms with Gasteiger partial charge < -0.3 is 10.4 Å². The van der Waals surface area contributed by atoms with Crippen molar-refractivity contribution in [2.75, 3.05) is 6.54 Å². The van der Waals surface area contributed by atoms with Gasteiger partial charge in [0.05, 0.1) is 16.1 Å². The summed E-state index contributed by atoms with van der Waals surface area (Å²) in [5.74, 6) is -0.0577. The normalized spacial score (nSPS) is 12.5. The molecule has 0 aliphatic heterocycles. The summed E-state index contributed by atoms with van der Waals surface area (Å²) < 4.78 is 0. The number of halogens is 2. The monoisotopic (exact) mass is 303 g/mol. The number of hydrogen-bond donors (Lipinski definition) is 2. The number of hydrogen-bond acceptors (Lipinski definition) is 2. The highest BCUT2D eigenvalue weighted by Gasteiger charge is 2.16. The maximum atomic E-state index is 11.9. The van der Waals surface area contributed by atoms with E-state index in [1.807, 2.05) is 13.8 Å². The van der Waals surface area contributed by atoms with Crippen LogP contribution in [0, 0.1) is 5.92 Å². The second-order valence-electron chi connectivity index (χ2n) is 4.48. The summed E-state index contributed by atoms with van der Waals surface area (Å²) in [5.41, 5.74) is 0.436. The third-order valence-corrected chi connectivity index (χ3v) is 3.99. The molecule has 0 fully saturated rings. The Labute approximate surface area is 123 Å². The molecule has 0 spiro atoms. The van der Waals surface area contributed by atoms with Crippen LogP contribution in [0.15, 0.2) is 18.2 Å². The Hall–Kier alpha value is -0.770. The summed E-state index contributed by atoms with van der Waals surface area (Å²) in [6, 6.07) is 4.70. The first-order valence-corrected chi connectivity index (χ1v) is 7.16. The maximum Gasteiger partial charge on any atom is 0.251 e. The molecule has 0 bridgehead atoms. The highest BCUT2D eigenvalue weighted by Crippen LogP contribution is 2.22. The molecule has 19 heavy (non-hydrogen) atoms. The molecule has 1 aromatic carbocycles. The van der Waals surface area contributed by atoms with Crippen LogP contribution in [0.1, 0.15) is 37.0 Å². The van der Waals surface area contributed by atoms with Crippen LogP contribution in [0.3, 0.4) is 0 Å². The Morgan fingerprint density at radius 3 is 2.42 bits per heavy atom. The zero-order valence-electron chi connectivity index (χ0n) is 11.1. The van der Waals surface area contributed by atoms with Gasteiger partial charge in [0, 0.05) is 12.1 Å². The second kappa shape index (κ2) is 7.73. The molecule has 1 aromatic rings. The molecule has 1 rings (SSSR count). The topological polar surface area (TPSA) is 49.3 Å². The predicted molar refractivity (Wildman–Crippen MR) is 78.9 cm³/mol. The van der Waals surface area contributed by atoms with Gasteiger partial charge in [-0.25, -0.2) is 0 Å². The van der Waals surface area contributed by atoms with Crippen molar-refractivity contribution in [1.29, 1.82) is 0 Å². The first-order chi connectivity index (χ1) is 8.99. The second-order valence-corrected chi connectivity index (χ2v) is 5.30. The summed E-state index contributed by atoms with van der Waals surface area (Å²) in [6.45, 7) is 4.29. The highest BCUT2D eigenvalue weighted by atomic mass is 35.5. The van der Waals surface area contributed by atoms with E-state index in [1.54, 1.807) is 12.1 Å². The first-order valence-electron chi connectivity index (χ1n) is 6.40. The first kappa shape index (κ1) is 16.3. The van der Waals surface area contributed by atoms with Crippen molar-refractivity contribution in [2.24, 2.45) is 5.92 Å². The van der Waals surface area contributed by atoms with E-state index in [4.69, 9.17) is 23.2 Å². The molecule has 0 aliphatic carbocycles. The lowest BCUT2D eigenvalue weighted by molar-refractivity contribution is 0.0816. The van der Waals surface area contributed by atoms with Crippen molar-refractivity contribution in [3.63, 3.8) is 0 Å². The molecule has 5 heteroatoms. The van der Waals surface area contributed by atoms with Crippen LogP contribution in [0.25, 0.3) is 0 Å². The summed E-state index contributed by atoms with van der Waals surface area (Å²) in [5, 5.41) is 13.4. The average Bonchev–Trinajstić information content (AvgIpc) is 2.40. The fraction of sp³-hybridized carbons (Fsp3) is 0.500. The van der Waals surface area contributed by atoms with Crippen LogP contribution in [-0.2, 0) is 0 Å². The van der Waals surface area contributed by atoms with Crippen LogP contribution in [0.2, 0.25) is 10.0 Å². The summed E-state index contributed by atoms with van der Waals surface area (Å²) in [4.78, 5) is 11.9. The van der Waals surface area contributed by atoms with Gasteiger partial charge in [0.15, 0.2) is 0 Å². The van der Waals surface area contributed by atoms with Gasteiger partial charge in [0.2, 0.25) is 0 Å². The molecule has 0 saturated heterocycles. The SMILES string of the molecule is CCC(CC)C(O)CNC(=O)c1ccc(Cl)c(Cl)c1. The smallest absolute Gasteiger partial charge is 0.251 e. The van der Waals surface area contributed by atoms with Crippen LogP contribution < -0.4 is 5.32 Å². The van der Waals surface area contributed by atoms with E-state index in [0.717, 1.165) is 12.8 Å². The Kier molecular flexibility index (Phi) is 6.63. The molecular formula is C14H19Cl2NO2. The molecule has 0 aromatic heterocycles. The lowest BCUT2D eigenvalue weighted by Crippen LogP contribution is -2.36. The van der Waals surface area contributed by atoms with Gasteiger partial charge in [-0.3, -0.25) is 4.79 Å². The Balaban J connectivity index is 2.58. The third-order valence-electron chi connectivity index (χ3n) is 3.25. The summed E-state index contributed by atoms with van der Waals surface area (Å²) >= 11 is 11.6. The number of carbonyl (C=O) groups is 1. The van der Waals surface area contributed by atoms with Crippen molar-refractivity contribution >= 4 is 29.1 Å². The number of nitrogens with one attached hydrogen (secondary N) is 1. The largest absolute Gasteiger partial charge is 0.391 e. The van der Waals surface area contributed by atoms with Gasteiger partial charge in [0.1, 0.15) is 0 Å². The molecule has 0 radical (unpaired) electrons. The summed E-state index contributed by atoms with van der Waals surface area (Å²) in [7, 11) is 0. The van der Waals surface area contributed by atoms with Gasteiger partial charge in [-0.15, -0.1) is 0 Å². The number of aliphatic hydroxyl groups excluding tert-OH is 1. The van der Waals surface area contributed by atoms with Crippen molar-refractivity contribution < 1.29 is 9.90 Å². The zero-order chi connectivity index (χ0) is 14.4. The average molecular weight is 304 g/mol. The van der Waals surface area contributed by atoms with Gasteiger partial charge in [-0.2, -0.15) is 0 Å². The van der Waals surface area contributed by atoms with Gasteiger partial charge in [0.25, 0.3) is 5.91 Å². The van der Waals surface area contributed by atoms with Gasteiger partial charge in [-0.05, 0) is 24.1 Å². The van der Waals surface area contributed by atoms with E-state index in [1.165, 1.54) is 6.07 Å². The third kappa shape index (κ3) is 4.68. The molecule has 1 atom stereocenters.